The minimum atomic E-state index is -0.372. The van der Waals surface area contributed by atoms with E-state index in [4.69, 9.17) is 0 Å². The van der Waals surface area contributed by atoms with Crippen molar-refractivity contribution in [2.45, 2.75) is 33.2 Å². The summed E-state index contributed by atoms with van der Waals surface area (Å²) in [6.45, 7) is 4.63. The number of halogens is 1. The molecule has 0 bridgehead atoms. The highest BCUT2D eigenvalue weighted by Crippen LogP contribution is 2.13. The first kappa shape index (κ1) is 19.4. The lowest BCUT2D eigenvalue weighted by Crippen LogP contribution is -2.12. The number of hydrogen-bond donors (Lipinski definition) is 2. The zero-order valence-corrected chi connectivity index (χ0v) is 15.9. The van der Waals surface area contributed by atoms with Crippen molar-refractivity contribution < 1.29 is 9.18 Å². The molecule has 144 valence electrons. The molecule has 0 saturated heterocycles. The van der Waals surface area contributed by atoms with E-state index in [1.807, 2.05) is 38.1 Å². The fourth-order valence-electron chi connectivity index (χ4n) is 2.70. The first-order valence-corrected chi connectivity index (χ1v) is 9.21. The third-order valence-corrected chi connectivity index (χ3v) is 4.28. The number of nitrogens with zero attached hydrogens (tertiary/aromatic N) is 3. The Morgan fingerprint density at radius 1 is 0.929 bits per heavy atom. The lowest BCUT2D eigenvalue weighted by atomic mass is 10.2. The van der Waals surface area contributed by atoms with Crippen LogP contribution in [-0.4, -0.2) is 21.1 Å². The van der Waals surface area contributed by atoms with E-state index in [2.05, 4.69) is 25.8 Å². The summed E-state index contributed by atoms with van der Waals surface area (Å²) in [5.74, 6) is -0.154. The van der Waals surface area contributed by atoms with Crippen LogP contribution in [0.2, 0.25) is 0 Å². The third-order valence-electron chi connectivity index (χ3n) is 4.28. The molecule has 0 saturated carbocycles. The van der Waals surface area contributed by atoms with Crippen LogP contribution in [0.25, 0.3) is 0 Å². The molecule has 0 aliphatic carbocycles. The Bertz CT molecular complexity index is 942. The third kappa shape index (κ3) is 4.88. The maximum atomic E-state index is 12.9. The smallest absolute Gasteiger partial charge is 0.255 e. The van der Waals surface area contributed by atoms with E-state index in [0.717, 1.165) is 29.8 Å². The van der Waals surface area contributed by atoms with Crippen molar-refractivity contribution in [3.05, 3.63) is 76.9 Å². The summed E-state index contributed by atoms with van der Waals surface area (Å²) < 4.78 is 12.9. The van der Waals surface area contributed by atoms with Gasteiger partial charge in [-0.3, -0.25) is 4.79 Å². The van der Waals surface area contributed by atoms with Crippen molar-refractivity contribution >= 4 is 17.5 Å². The number of benzene rings is 2. The number of aryl methyl sites for hydroxylation is 2. The largest absolute Gasteiger partial charge is 0.349 e. The molecule has 0 unspecified atom stereocenters. The molecule has 0 radical (unpaired) electrons. The molecule has 1 amide bonds. The van der Waals surface area contributed by atoms with Gasteiger partial charge in [0.1, 0.15) is 5.82 Å². The molecule has 6 nitrogen and oxygen atoms in total. The lowest BCUT2D eigenvalue weighted by molar-refractivity contribution is 0.102. The fraction of sp³-hybridized carbons (Fsp3) is 0.238. The zero-order valence-electron chi connectivity index (χ0n) is 15.9. The van der Waals surface area contributed by atoms with Gasteiger partial charge in [-0.05, 0) is 54.8 Å². The molecule has 0 spiro atoms. The van der Waals surface area contributed by atoms with E-state index >= 15 is 0 Å². The molecule has 7 heteroatoms. The molecule has 2 aromatic carbocycles. The average molecular weight is 379 g/mol. The minimum absolute atomic E-state index is 0.284. The van der Waals surface area contributed by atoms with Crippen LogP contribution in [0.1, 0.15) is 41.2 Å². The molecular formula is C21H22FN5O. The van der Waals surface area contributed by atoms with Crippen molar-refractivity contribution in [3.8, 4) is 0 Å². The number of hydrogen-bond acceptors (Lipinski definition) is 5. The molecule has 1 aromatic heterocycles. The maximum Gasteiger partial charge on any atom is 0.255 e. The Morgan fingerprint density at radius 3 is 2.25 bits per heavy atom. The molecule has 0 atom stereocenters. The van der Waals surface area contributed by atoms with E-state index in [1.165, 1.54) is 24.3 Å². The Morgan fingerprint density at radius 2 is 1.61 bits per heavy atom. The average Bonchev–Trinajstić information content (AvgIpc) is 2.73. The molecule has 0 fully saturated rings. The van der Waals surface area contributed by atoms with Gasteiger partial charge in [0.15, 0.2) is 0 Å². The fourth-order valence-corrected chi connectivity index (χ4v) is 2.70. The van der Waals surface area contributed by atoms with E-state index in [0.29, 0.717) is 23.7 Å². The quantitative estimate of drug-likeness (QED) is 0.649. The van der Waals surface area contributed by atoms with Gasteiger partial charge in [0, 0.05) is 17.8 Å². The normalized spacial score (nSPS) is 10.5. The summed E-state index contributed by atoms with van der Waals surface area (Å²) in [6, 6.07) is 12.9. The minimum Gasteiger partial charge on any atom is -0.349 e. The molecular weight excluding hydrogens is 357 g/mol. The van der Waals surface area contributed by atoms with Crippen molar-refractivity contribution in [1.82, 2.24) is 15.2 Å². The second kappa shape index (κ2) is 9.03. The van der Waals surface area contributed by atoms with Crippen LogP contribution in [0.3, 0.4) is 0 Å². The van der Waals surface area contributed by atoms with Gasteiger partial charge in [-0.2, -0.15) is 5.10 Å². The molecule has 2 N–H and O–H groups in total. The van der Waals surface area contributed by atoms with E-state index in [1.54, 1.807) is 0 Å². The Hall–Kier alpha value is -3.35. The molecule has 3 aromatic rings. The number of aromatic nitrogens is 3. The van der Waals surface area contributed by atoms with Crippen LogP contribution >= 0.6 is 0 Å². The van der Waals surface area contributed by atoms with Crippen LogP contribution in [0.15, 0.2) is 48.5 Å². The van der Waals surface area contributed by atoms with Gasteiger partial charge in [0.05, 0.1) is 11.4 Å². The van der Waals surface area contributed by atoms with Gasteiger partial charge in [0.2, 0.25) is 5.95 Å². The number of anilines is 2. The number of carbonyl (C=O) groups is 1. The predicted octanol–water partition coefficient (Wildman–Crippen LogP) is 4.00. The van der Waals surface area contributed by atoms with Crippen molar-refractivity contribution in [2.75, 3.05) is 10.6 Å². The van der Waals surface area contributed by atoms with Crippen LogP contribution in [0.5, 0.6) is 0 Å². The van der Waals surface area contributed by atoms with Crippen molar-refractivity contribution in [1.29, 1.82) is 0 Å². The van der Waals surface area contributed by atoms with E-state index in [9.17, 15) is 9.18 Å². The second-order valence-corrected chi connectivity index (χ2v) is 6.25. The molecule has 1 heterocycles. The number of rotatable bonds is 7. The maximum absolute atomic E-state index is 12.9. The number of carbonyl (C=O) groups excluding carboxylic acids is 1. The summed E-state index contributed by atoms with van der Waals surface area (Å²) in [6.07, 6.45) is 1.63. The molecule has 0 aliphatic rings. The monoisotopic (exact) mass is 379 g/mol. The van der Waals surface area contributed by atoms with Crippen molar-refractivity contribution in [3.63, 3.8) is 0 Å². The Labute approximate surface area is 163 Å². The van der Waals surface area contributed by atoms with Gasteiger partial charge in [-0.25, -0.2) is 9.37 Å². The van der Waals surface area contributed by atoms with Crippen LogP contribution in [0.4, 0.5) is 16.0 Å². The second-order valence-electron chi connectivity index (χ2n) is 6.25. The molecule has 28 heavy (non-hydrogen) atoms. The summed E-state index contributed by atoms with van der Waals surface area (Å²) >= 11 is 0. The highest BCUT2D eigenvalue weighted by molar-refractivity contribution is 6.04. The summed E-state index contributed by atoms with van der Waals surface area (Å²) in [5, 5.41) is 14.3. The topological polar surface area (TPSA) is 79.8 Å². The van der Waals surface area contributed by atoms with Crippen molar-refractivity contribution in [2.24, 2.45) is 0 Å². The summed E-state index contributed by atoms with van der Waals surface area (Å²) in [5.41, 5.74) is 3.96. The summed E-state index contributed by atoms with van der Waals surface area (Å²) in [4.78, 5) is 16.7. The van der Waals surface area contributed by atoms with Crippen LogP contribution in [0, 0.1) is 5.82 Å². The first-order chi connectivity index (χ1) is 13.6. The van der Waals surface area contributed by atoms with Gasteiger partial charge in [0.25, 0.3) is 5.91 Å². The van der Waals surface area contributed by atoms with Crippen LogP contribution in [-0.2, 0) is 19.4 Å². The predicted molar refractivity (Wildman–Crippen MR) is 107 cm³/mol. The molecule has 3 rings (SSSR count). The van der Waals surface area contributed by atoms with Gasteiger partial charge in [-0.15, -0.1) is 5.10 Å². The van der Waals surface area contributed by atoms with E-state index in [-0.39, 0.29) is 11.7 Å². The SMILES string of the molecule is CCc1nnc(NCc2ccc(NC(=O)c3ccc(F)cc3)cc2)nc1CC. The standard InChI is InChI=1S/C21H22FN5O/c1-3-18-19(4-2)26-27-21(25-18)23-13-14-5-11-17(12-6-14)24-20(28)15-7-9-16(22)10-8-15/h5-12H,3-4,13H2,1-2H3,(H,24,28)(H,23,25,27). The highest BCUT2D eigenvalue weighted by Gasteiger charge is 2.07. The Kier molecular flexibility index (Phi) is 6.26. The van der Waals surface area contributed by atoms with Gasteiger partial charge >= 0.3 is 0 Å². The lowest BCUT2D eigenvalue weighted by Gasteiger charge is -2.09. The van der Waals surface area contributed by atoms with Gasteiger partial charge < -0.3 is 10.6 Å². The van der Waals surface area contributed by atoms with Gasteiger partial charge in [-0.1, -0.05) is 26.0 Å². The van der Waals surface area contributed by atoms with E-state index < -0.39 is 0 Å². The highest BCUT2D eigenvalue weighted by atomic mass is 19.1. The number of amides is 1. The molecule has 0 aliphatic heterocycles. The summed E-state index contributed by atoms with van der Waals surface area (Å²) in [7, 11) is 0. The van der Waals surface area contributed by atoms with Crippen LogP contribution < -0.4 is 10.6 Å². The Balaban J connectivity index is 1.58. The number of nitrogens with one attached hydrogen (secondary N) is 2. The zero-order chi connectivity index (χ0) is 19.9. The first-order valence-electron chi connectivity index (χ1n) is 9.21.